The third kappa shape index (κ3) is 19.8. The summed E-state index contributed by atoms with van der Waals surface area (Å²) >= 11 is 0. The molecule has 1 N–H and O–H groups in total. The zero-order valence-corrected chi connectivity index (χ0v) is 16.2. The van der Waals surface area contributed by atoms with Gasteiger partial charge in [-0.15, -0.1) is 0 Å². The van der Waals surface area contributed by atoms with Gasteiger partial charge < -0.3 is 14.2 Å². The molecule has 0 bridgehead atoms. The van der Waals surface area contributed by atoms with Crippen LogP contribution in [0.4, 0.5) is 0 Å². The van der Waals surface area contributed by atoms with Crippen LogP contribution < -0.4 is 0 Å². The fraction of sp³-hybridized carbons (Fsp3) is 1.00. The van der Waals surface area contributed by atoms with Gasteiger partial charge in [-0.25, -0.2) is 0 Å². The smallest absolute Gasteiger partial charge is 0.289 e. The van der Waals surface area contributed by atoms with Gasteiger partial charge in [-0.1, -0.05) is 58.3 Å². The topological polar surface area (TPSA) is 82.1 Å². The van der Waals surface area contributed by atoms with Crippen molar-refractivity contribution in [1.82, 2.24) is 0 Å². The van der Waals surface area contributed by atoms with E-state index in [-0.39, 0.29) is 19.3 Å². The van der Waals surface area contributed by atoms with Crippen LogP contribution in [0.15, 0.2) is 0 Å². The molecule has 0 aromatic rings. The quantitative estimate of drug-likeness (QED) is 0.293. The molecule has 6 nitrogen and oxygen atoms in total. The Hall–Kier alpha value is -0.210. The number of ether oxygens (including phenoxy) is 3. The molecule has 0 spiro atoms. The standard InChI is InChI=1S/C17H36O6S/c1-3-4-5-6-7-8-9-10-11-12-23-17(2)15-21-13-14-22-16-24(18,19)20/h17H,3-16H2,1-2H3,(H,18,19,20). The van der Waals surface area contributed by atoms with Crippen LogP contribution in [-0.4, -0.2) is 51.4 Å². The Morgan fingerprint density at radius 1 is 0.833 bits per heavy atom. The van der Waals surface area contributed by atoms with Gasteiger partial charge in [0.1, 0.15) is 0 Å². The molecule has 0 saturated carbocycles. The van der Waals surface area contributed by atoms with E-state index in [2.05, 4.69) is 6.92 Å². The highest BCUT2D eigenvalue weighted by Crippen LogP contribution is 2.09. The summed E-state index contributed by atoms with van der Waals surface area (Å²) in [5.41, 5.74) is 0. The minimum absolute atomic E-state index is 0.0145. The minimum Gasteiger partial charge on any atom is -0.376 e. The number of hydrogen-bond donors (Lipinski definition) is 1. The summed E-state index contributed by atoms with van der Waals surface area (Å²) in [6.45, 7) is 5.80. The van der Waals surface area contributed by atoms with E-state index in [9.17, 15) is 8.42 Å². The van der Waals surface area contributed by atoms with Gasteiger partial charge in [-0.2, -0.15) is 8.42 Å². The van der Waals surface area contributed by atoms with Crippen LogP contribution in [0.1, 0.15) is 71.6 Å². The van der Waals surface area contributed by atoms with E-state index in [0.717, 1.165) is 13.0 Å². The van der Waals surface area contributed by atoms with E-state index in [1.54, 1.807) is 0 Å². The van der Waals surface area contributed by atoms with Crippen molar-refractivity contribution < 1.29 is 27.2 Å². The van der Waals surface area contributed by atoms with Crippen molar-refractivity contribution in [1.29, 1.82) is 0 Å². The highest BCUT2D eigenvalue weighted by atomic mass is 32.2. The van der Waals surface area contributed by atoms with Crippen molar-refractivity contribution >= 4 is 10.1 Å². The lowest BCUT2D eigenvalue weighted by atomic mass is 10.1. The van der Waals surface area contributed by atoms with E-state index in [4.69, 9.17) is 18.8 Å². The maximum atomic E-state index is 10.4. The molecular weight excluding hydrogens is 332 g/mol. The molecule has 0 aliphatic heterocycles. The molecule has 24 heavy (non-hydrogen) atoms. The van der Waals surface area contributed by atoms with E-state index in [1.165, 1.54) is 51.4 Å². The van der Waals surface area contributed by atoms with Gasteiger partial charge in [-0.3, -0.25) is 4.55 Å². The first-order valence-corrected chi connectivity index (χ1v) is 10.8. The van der Waals surface area contributed by atoms with E-state index in [1.807, 2.05) is 6.92 Å². The molecule has 146 valence electrons. The van der Waals surface area contributed by atoms with Gasteiger partial charge in [0.25, 0.3) is 10.1 Å². The Morgan fingerprint density at radius 2 is 1.38 bits per heavy atom. The summed E-state index contributed by atoms with van der Waals surface area (Å²) in [5, 5.41) is 0. The summed E-state index contributed by atoms with van der Waals surface area (Å²) in [4.78, 5) is 0. The summed E-state index contributed by atoms with van der Waals surface area (Å²) in [6.07, 6.45) is 11.7. The molecule has 0 aliphatic rings. The Kier molecular flexibility index (Phi) is 16.1. The second-order valence-corrected chi connectivity index (χ2v) is 7.59. The second kappa shape index (κ2) is 16.3. The SMILES string of the molecule is CCCCCCCCCCCOC(C)COCCOCS(=O)(=O)O. The maximum Gasteiger partial charge on any atom is 0.289 e. The lowest BCUT2D eigenvalue weighted by Crippen LogP contribution is -2.19. The zero-order chi connectivity index (χ0) is 18.1. The molecule has 0 fully saturated rings. The van der Waals surface area contributed by atoms with Gasteiger partial charge in [0.15, 0.2) is 5.94 Å². The molecule has 0 amide bonds. The molecule has 0 rings (SSSR count). The van der Waals surface area contributed by atoms with Crippen molar-refractivity contribution in [2.75, 3.05) is 32.4 Å². The fourth-order valence-electron chi connectivity index (χ4n) is 2.28. The average molecular weight is 369 g/mol. The highest BCUT2D eigenvalue weighted by molar-refractivity contribution is 7.85. The van der Waals surface area contributed by atoms with E-state index in [0.29, 0.717) is 6.61 Å². The van der Waals surface area contributed by atoms with Gasteiger partial charge in [0.05, 0.1) is 25.9 Å². The van der Waals surface area contributed by atoms with Crippen LogP contribution in [0.3, 0.4) is 0 Å². The minimum atomic E-state index is -4.06. The third-order valence-corrected chi connectivity index (χ3v) is 4.07. The molecule has 0 heterocycles. The van der Waals surface area contributed by atoms with E-state index >= 15 is 0 Å². The first-order valence-electron chi connectivity index (χ1n) is 9.18. The number of rotatable bonds is 18. The second-order valence-electron chi connectivity index (χ2n) is 6.19. The Bertz CT molecular complexity index is 358. The molecule has 1 unspecified atom stereocenters. The summed E-state index contributed by atoms with van der Waals surface area (Å²) in [7, 11) is -4.06. The van der Waals surface area contributed by atoms with Crippen LogP contribution in [-0.2, 0) is 24.3 Å². The van der Waals surface area contributed by atoms with Crippen molar-refractivity contribution in [3.8, 4) is 0 Å². The van der Waals surface area contributed by atoms with Gasteiger partial charge >= 0.3 is 0 Å². The lowest BCUT2D eigenvalue weighted by molar-refractivity contribution is -0.0211. The van der Waals surface area contributed by atoms with Crippen LogP contribution >= 0.6 is 0 Å². The van der Waals surface area contributed by atoms with Crippen molar-refractivity contribution in [3.05, 3.63) is 0 Å². The normalized spacial score (nSPS) is 13.3. The summed E-state index contributed by atoms with van der Waals surface area (Å²) < 4.78 is 45.0. The molecule has 1 atom stereocenters. The predicted molar refractivity (Wildman–Crippen MR) is 95.8 cm³/mol. The monoisotopic (exact) mass is 368 g/mol. The molecule has 0 saturated heterocycles. The van der Waals surface area contributed by atoms with Crippen molar-refractivity contribution in [2.24, 2.45) is 0 Å². The summed E-state index contributed by atoms with van der Waals surface area (Å²) in [5.74, 6) is -0.693. The number of hydrogen-bond acceptors (Lipinski definition) is 5. The number of unbranched alkanes of at least 4 members (excludes halogenated alkanes) is 8. The van der Waals surface area contributed by atoms with Crippen LogP contribution in [0.5, 0.6) is 0 Å². The molecule has 7 heteroatoms. The Labute approximate surface area is 148 Å². The molecular formula is C17H36O6S. The first-order chi connectivity index (χ1) is 11.5. The largest absolute Gasteiger partial charge is 0.376 e. The lowest BCUT2D eigenvalue weighted by Gasteiger charge is -2.13. The van der Waals surface area contributed by atoms with Gasteiger partial charge in [0, 0.05) is 6.61 Å². The predicted octanol–water partition coefficient (Wildman–Crippen LogP) is 3.80. The average Bonchev–Trinajstić information content (AvgIpc) is 2.51. The molecule has 0 aromatic heterocycles. The molecule has 0 radical (unpaired) electrons. The Morgan fingerprint density at radius 3 is 1.96 bits per heavy atom. The van der Waals surface area contributed by atoms with Gasteiger partial charge in [-0.05, 0) is 13.3 Å². The van der Waals surface area contributed by atoms with Crippen molar-refractivity contribution in [3.63, 3.8) is 0 Å². The molecule has 0 aliphatic carbocycles. The van der Waals surface area contributed by atoms with Crippen LogP contribution in [0.2, 0.25) is 0 Å². The third-order valence-electron chi connectivity index (χ3n) is 3.61. The van der Waals surface area contributed by atoms with Gasteiger partial charge in [0.2, 0.25) is 0 Å². The van der Waals surface area contributed by atoms with E-state index < -0.39 is 16.1 Å². The highest BCUT2D eigenvalue weighted by Gasteiger charge is 2.05. The first kappa shape index (κ1) is 23.8. The maximum absolute atomic E-state index is 10.4. The Balaban J connectivity index is 3.22. The summed E-state index contributed by atoms with van der Waals surface area (Å²) in [6, 6.07) is 0. The molecule has 0 aromatic carbocycles. The zero-order valence-electron chi connectivity index (χ0n) is 15.4. The van der Waals surface area contributed by atoms with Crippen LogP contribution in [0.25, 0.3) is 0 Å². The van der Waals surface area contributed by atoms with Crippen LogP contribution in [0, 0.1) is 0 Å². The fourth-order valence-corrected chi connectivity index (χ4v) is 2.61. The van der Waals surface area contributed by atoms with Crippen molar-refractivity contribution in [2.45, 2.75) is 77.7 Å².